The molecule has 1 aliphatic heterocycles. The Balaban J connectivity index is 1.95. The van der Waals surface area contributed by atoms with Gasteiger partial charge in [0, 0.05) is 0 Å². The molecule has 0 fully saturated rings. The van der Waals surface area contributed by atoms with Crippen LogP contribution in [0.15, 0.2) is 30.5 Å². The highest BCUT2D eigenvalue weighted by Crippen LogP contribution is 2.32. The molecule has 0 saturated heterocycles. The van der Waals surface area contributed by atoms with Crippen molar-refractivity contribution >= 4 is 0 Å². The van der Waals surface area contributed by atoms with Crippen molar-refractivity contribution in [1.82, 2.24) is 0 Å². The Kier molecular flexibility index (Phi) is 3.12. The number of allylic oxidation sites excluding steroid dienone is 1. The molecular formula is C12H14O3. The smallest absolute Gasteiger partial charge is 0.231 e. The van der Waals surface area contributed by atoms with Gasteiger partial charge in [0.05, 0.1) is 13.4 Å². The number of rotatable bonds is 4. The molecule has 0 saturated carbocycles. The second kappa shape index (κ2) is 4.73. The van der Waals surface area contributed by atoms with Gasteiger partial charge in [-0.1, -0.05) is 6.07 Å². The maximum absolute atomic E-state index is 5.30. The van der Waals surface area contributed by atoms with E-state index in [2.05, 4.69) is 6.07 Å². The summed E-state index contributed by atoms with van der Waals surface area (Å²) in [6, 6.07) is 6.05. The first kappa shape index (κ1) is 9.90. The molecule has 15 heavy (non-hydrogen) atoms. The fourth-order valence-electron chi connectivity index (χ4n) is 1.51. The normalized spacial score (nSPS) is 13.4. The lowest BCUT2D eigenvalue weighted by atomic mass is 10.1. The molecule has 1 aromatic carbocycles. The van der Waals surface area contributed by atoms with Gasteiger partial charge in [-0.25, -0.2) is 0 Å². The third-order valence-corrected chi connectivity index (χ3v) is 2.27. The lowest BCUT2D eigenvalue weighted by molar-refractivity contribution is 0.174. The van der Waals surface area contributed by atoms with E-state index < -0.39 is 0 Å². The first-order valence-electron chi connectivity index (χ1n) is 4.96. The zero-order valence-electron chi connectivity index (χ0n) is 8.73. The third kappa shape index (κ3) is 2.43. The lowest BCUT2D eigenvalue weighted by Gasteiger charge is -2.00. The summed E-state index contributed by atoms with van der Waals surface area (Å²) in [5, 5.41) is 0. The molecule has 0 aromatic heterocycles. The zero-order valence-corrected chi connectivity index (χ0v) is 8.73. The summed E-state index contributed by atoms with van der Waals surface area (Å²) in [6.07, 6.45) is 5.65. The highest BCUT2D eigenvalue weighted by molar-refractivity contribution is 5.44. The van der Waals surface area contributed by atoms with Crippen molar-refractivity contribution in [2.75, 3.05) is 13.9 Å². The topological polar surface area (TPSA) is 27.7 Å². The quantitative estimate of drug-likeness (QED) is 0.708. The minimum Gasteiger partial charge on any atom is -0.505 e. The number of hydrogen-bond donors (Lipinski definition) is 0. The van der Waals surface area contributed by atoms with Crippen LogP contribution in [0.4, 0.5) is 0 Å². The molecule has 80 valence electrons. The number of fused-ring (bicyclic) bond motifs is 1. The molecule has 0 aliphatic carbocycles. The summed E-state index contributed by atoms with van der Waals surface area (Å²) in [5.41, 5.74) is 1.25. The van der Waals surface area contributed by atoms with Gasteiger partial charge < -0.3 is 14.2 Å². The van der Waals surface area contributed by atoms with Gasteiger partial charge in [0.2, 0.25) is 6.79 Å². The fourth-order valence-corrected chi connectivity index (χ4v) is 1.51. The van der Waals surface area contributed by atoms with Crippen LogP contribution in [-0.4, -0.2) is 13.9 Å². The molecule has 0 radical (unpaired) electrons. The summed E-state index contributed by atoms with van der Waals surface area (Å²) in [6.45, 7) is 0.336. The zero-order chi connectivity index (χ0) is 10.5. The van der Waals surface area contributed by atoms with Gasteiger partial charge in [-0.15, -0.1) is 0 Å². The van der Waals surface area contributed by atoms with Gasteiger partial charge in [-0.2, -0.15) is 0 Å². The van der Waals surface area contributed by atoms with E-state index in [0.717, 1.165) is 24.3 Å². The predicted molar refractivity (Wildman–Crippen MR) is 57.0 cm³/mol. The first-order chi connectivity index (χ1) is 7.40. The highest BCUT2D eigenvalue weighted by Gasteiger charge is 2.12. The maximum Gasteiger partial charge on any atom is 0.231 e. The van der Waals surface area contributed by atoms with Crippen LogP contribution in [-0.2, 0) is 11.2 Å². The van der Waals surface area contributed by atoms with Crippen molar-refractivity contribution in [2.45, 2.75) is 12.8 Å². The summed E-state index contributed by atoms with van der Waals surface area (Å²) in [5.74, 6) is 1.69. The maximum atomic E-state index is 5.30. The number of ether oxygens (including phenoxy) is 3. The van der Waals surface area contributed by atoms with Crippen LogP contribution >= 0.6 is 0 Å². The number of benzene rings is 1. The van der Waals surface area contributed by atoms with Crippen LogP contribution in [0.5, 0.6) is 11.5 Å². The molecule has 0 unspecified atom stereocenters. The number of hydrogen-bond acceptors (Lipinski definition) is 3. The highest BCUT2D eigenvalue weighted by atomic mass is 16.7. The Hall–Kier alpha value is -1.64. The number of aryl methyl sites for hydroxylation is 1. The summed E-state index contributed by atoms with van der Waals surface area (Å²) in [7, 11) is 1.65. The van der Waals surface area contributed by atoms with Crippen LogP contribution in [0.3, 0.4) is 0 Å². The molecular weight excluding hydrogens is 192 g/mol. The van der Waals surface area contributed by atoms with E-state index in [0.29, 0.717) is 6.79 Å². The van der Waals surface area contributed by atoms with Crippen molar-refractivity contribution in [3.05, 3.63) is 36.1 Å². The van der Waals surface area contributed by atoms with Crippen LogP contribution in [0, 0.1) is 0 Å². The molecule has 1 aliphatic rings. The minimum atomic E-state index is 0.336. The van der Waals surface area contributed by atoms with Crippen LogP contribution in [0.25, 0.3) is 0 Å². The summed E-state index contributed by atoms with van der Waals surface area (Å²) in [4.78, 5) is 0. The van der Waals surface area contributed by atoms with Crippen molar-refractivity contribution in [3.63, 3.8) is 0 Å². The van der Waals surface area contributed by atoms with E-state index in [9.17, 15) is 0 Å². The summed E-state index contributed by atoms with van der Waals surface area (Å²) < 4.78 is 15.4. The average molecular weight is 206 g/mol. The van der Waals surface area contributed by atoms with E-state index in [1.807, 2.05) is 18.2 Å². The van der Waals surface area contributed by atoms with Gasteiger partial charge in [0.1, 0.15) is 0 Å². The Morgan fingerprint density at radius 2 is 2.20 bits per heavy atom. The van der Waals surface area contributed by atoms with Crippen molar-refractivity contribution in [3.8, 4) is 11.5 Å². The Labute approximate surface area is 89.3 Å². The minimum absolute atomic E-state index is 0.336. The molecule has 0 bridgehead atoms. The van der Waals surface area contributed by atoms with Crippen molar-refractivity contribution in [1.29, 1.82) is 0 Å². The molecule has 3 heteroatoms. The SMILES string of the molecule is CO/C=C/CCc1ccc2c(c1)OCO2. The largest absolute Gasteiger partial charge is 0.505 e. The Morgan fingerprint density at radius 1 is 1.33 bits per heavy atom. The number of methoxy groups -OCH3 is 1. The first-order valence-corrected chi connectivity index (χ1v) is 4.96. The van der Waals surface area contributed by atoms with Crippen LogP contribution in [0.1, 0.15) is 12.0 Å². The Bertz CT molecular complexity index is 358. The van der Waals surface area contributed by atoms with E-state index in [-0.39, 0.29) is 0 Å². The molecule has 1 aromatic rings. The van der Waals surface area contributed by atoms with Crippen LogP contribution < -0.4 is 9.47 Å². The van der Waals surface area contributed by atoms with Gasteiger partial charge in [-0.3, -0.25) is 0 Å². The molecule has 1 heterocycles. The second-order valence-corrected chi connectivity index (χ2v) is 3.33. The fraction of sp³-hybridized carbons (Fsp3) is 0.333. The van der Waals surface area contributed by atoms with E-state index in [1.54, 1.807) is 13.4 Å². The third-order valence-electron chi connectivity index (χ3n) is 2.27. The van der Waals surface area contributed by atoms with Gasteiger partial charge in [0.25, 0.3) is 0 Å². The molecule has 2 rings (SSSR count). The van der Waals surface area contributed by atoms with E-state index in [4.69, 9.17) is 14.2 Å². The predicted octanol–water partition coefficient (Wildman–Crippen LogP) is 2.51. The van der Waals surface area contributed by atoms with Crippen molar-refractivity contribution in [2.24, 2.45) is 0 Å². The van der Waals surface area contributed by atoms with Gasteiger partial charge in [0.15, 0.2) is 11.5 Å². The molecule has 0 amide bonds. The molecule has 0 spiro atoms. The van der Waals surface area contributed by atoms with Crippen molar-refractivity contribution < 1.29 is 14.2 Å². The standard InChI is InChI=1S/C12H14O3/c1-13-7-3-2-4-10-5-6-11-12(8-10)15-9-14-11/h3,5-8H,2,4,9H2,1H3/b7-3+. The van der Waals surface area contributed by atoms with Crippen LogP contribution in [0.2, 0.25) is 0 Å². The lowest BCUT2D eigenvalue weighted by Crippen LogP contribution is -1.92. The average Bonchev–Trinajstić information content (AvgIpc) is 2.71. The van der Waals surface area contributed by atoms with Gasteiger partial charge in [-0.05, 0) is 36.6 Å². The van der Waals surface area contributed by atoms with Gasteiger partial charge >= 0.3 is 0 Å². The Morgan fingerprint density at radius 3 is 3.07 bits per heavy atom. The molecule has 3 nitrogen and oxygen atoms in total. The van der Waals surface area contributed by atoms with E-state index >= 15 is 0 Å². The monoisotopic (exact) mass is 206 g/mol. The molecule has 0 N–H and O–H groups in total. The second-order valence-electron chi connectivity index (χ2n) is 3.33. The van der Waals surface area contributed by atoms with E-state index in [1.165, 1.54) is 5.56 Å². The summed E-state index contributed by atoms with van der Waals surface area (Å²) >= 11 is 0. The molecule has 0 atom stereocenters.